The molecule has 17 heteroatoms. The van der Waals surface area contributed by atoms with E-state index < -0.39 is 49.0 Å². The lowest BCUT2D eigenvalue weighted by Gasteiger charge is -2.34. The lowest BCUT2D eigenvalue weighted by atomic mass is 10.0. The molecule has 0 unspecified atom stereocenters. The number of ether oxygens (including phenoxy) is 3. The number of methoxy groups -OCH3 is 1. The Hall–Kier alpha value is -4.15. The average molecular weight is 690 g/mol. The van der Waals surface area contributed by atoms with Crippen molar-refractivity contribution in [1.82, 2.24) is 9.88 Å². The molecule has 0 saturated carbocycles. The van der Waals surface area contributed by atoms with Crippen molar-refractivity contribution in [3.05, 3.63) is 81.0 Å². The third-order valence-electron chi connectivity index (χ3n) is 6.31. The zero-order valence-electron chi connectivity index (χ0n) is 25.2. The standard InChI is InChI=1S/C29H31ClF3N3O9S/c1-28(2,3)35(27(37)45-46(40,41)25-10-6-5-9-23(25)36(38)39)13-7-8-19-11-12-21(43-15-14-42-4)17-24(19)44-26-22(30)16-20(18-34-26)29(31,32)33/h5-6,9-12,16-18H,7-8,13-15H2,1-4H3. The summed E-state index contributed by atoms with van der Waals surface area (Å²) in [6, 6.07) is 9.94. The number of alkyl halides is 3. The van der Waals surface area contributed by atoms with Crippen molar-refractivity contribution in [1.29, 1.82) is 0 Å². The lowest BCUT2D eigenvalue weighted by molar-refractivity contribution is -0.387. The van der Waals surface area contributed by atoms with Crippen LogP contribution >= 0.6 is 11.6 Å². The van der Waals surface area contributed by atoms with E-state index >= 15 is 0 Å². The molecule has 0 spiro atoms. The molecule has 1 heterocycles. The Morgan fingerprint density at radius 1 is 1.09 bits per heavy atom. The fraction of sp³-hybridized carbons (Fsp3) is 0.379. The molecule has 0 saturated heterocycles. The summed E-state index contributed by atoms with van der Waals surface area (Å²) in [5, 5.41) is 11.0. The van der Waals surface area contributed by atoms with Crippen LogP contribution < -0.4 is 9.47 Å². The fourth-order valence-corrected chi connectivity index (χ4v) is 5.28. The number of halogens is 4. The number of pyridine rings is 1. The van der Waals surface area contributed by atoms with Gasteiger partial charge in [-0.05, 0) is 57.4 Å². The lowest BCUT2D eigenvalue weighted by Crippen LogP contribution is -2.47. The third kappa shape index (κ3) is 9.67. The number of nitro benzene ring substituents is 1. The maximum absolute atomic E-state index is 13.1. The Morgan fingerprint density at radius 2 is 1.78 bits per heavy atom. The van der Waals surface area contributed by atoms with Crippen LogP contribution in [0.2, 0.25) is 5.02 Å². The van der Waals surface area contributed by atoms with Gasteiger partial charge in [-0.15, -0.1) is 0 Å². The maximum atomic E-state index is 13.1. The van der Waals surface area contributed by atoms with Gasteiger partial charge in [-0.3, -0.25) is 10.1 Å². The van der Waals surface area contributed by atoms with Crippen LogP contribution in [0.25, 0.3) is 0 Å². The van der Waals surface area contributed by atoms with Gasteiger partial charge in [0.1, 0.15) is 23.1 Å². The first kappa shape index (κ1) is 36.3. The Bertz CT molecular complexity index is 1670. The van der Waals surface area contributed by atoms with E-state index in [1.165, 1.54) is 25.3 Å². The van der Waals surface area contributed by atoms with Crippen molar-refractivity contribution in [2.24, 2.45) is 0 Å². The predicted molar refractivity (Wildman–Crippen MR) is 160 cm³/mol. The summed E-state index contributed by atoms with van der Waals surface area (Å²) in [6.45, 7) is 5.39. The number of rotatable bonds is 13. The van der Waals surface area contributed by atoms with E-state index in [9.17, 15) is 36.5 Å². The normalized spacial score (nSPS) is 12.0. The van der Waals surface area contributed by atoms with Gasteiger partial charge in [-0.2, -0.15) is 21.6 Å². The molecule has 0 radical (unpaired) electrons. The SMILES string of the molecule is COCCOc1ccc(CCCN(C(=O)OS(=O)(=O)c2ccccc2[N+](=O)[O-])C(C)(C)C)c(Oc2ncc(C(F)(F)F)cc2Cl)c1. The maximum Gasteiger partial charge on any atom is 0.426 e. The molecule has 12 nitrogen and oxygen atoms in total. The second kappa shape index (κ2) is 15.0. The van der Waals surface area contributed by atoms with Gasteiger partial charge in [0, 0.05) is 37.5 Å². The molecule has 2 aromatic carbocycles. The highest BCUT2D eigenvalue weighted by Gasteiger charge is 2.35. The highest BCUT2D eigenvalue weighted by molar-refractivity contribution is 7.87. The molecule has 1 amide bonds. The van der Waals surface area contributed by atoms with E-state index in [-0.39, 0.29) is 49.3 Å². The number of amides is 1. The zero-order valence-corrected chi connectivity index (χ0v) is 26.7. The number of hydrogen-bond acceptors (Lipinski definition) is 10. The van der Waals surface area contributed by atoms with E-state index in [0.717, 1.165) is 17.0 Å². The molecule has 0 fully saturated rings. The highest BCUT2D eigenvalue weighted by Crippen LogP contribution is 2.37. The molecule has 46 heavy (non-hydrogen) atoms. The third-order valence-corrected chi connectivity index (χ3v) is 7.82. The van der Waals surface area contributed by atoms with Crippen LogP contribution in [0, 0.1) is 10.1 Å². The zero-order chi connectivity index (χ0) is 34.3. The van der Waals surface area contributed by atoms with Crippen molar-refractivity contribution in [2.45, 2.75) is 50.2 Å². The molecule has 0 bridgehead atoms. The van der Waals surface area contributed by atoms with Crippen molar-refractivity contribution in [3.63, 3.8) is 0 Å². The van der Waals surface area contributed by atoms with Gasteiger partial charge in [0.05, 0.1) is 17.1 Å². The Labute approximate surface area is 268 Å². The number of para-hydroxylation sites is 1. The Balaban J connectivity index is 1.83. The molecule has 1 aromatic heterocycles. The molecule has 3 rings (SSSR count). The van der Waals surface area contributed by atoms with E-state index in [1.54, 1.807) is 32.9 Å². The van der Waals surface area contributed by atoms with Crippen LogP contribution in [0.3, 0.4) is 0 Å². The highest BCUT2D eigenvalue weighted by atomic mass is 35.5. The van der Waals surface area contributed by atoms with Gasteiger partial charge in [0.25, 0.3) is 5.69 Å². The van der Waals surface area contributed by atoms with Crippen molar-refractivity contribution in [2.75, 3.05) is 26.9 Å². The molecule has 0 atom stereocenters. The summed E-state index contributed by atoms with van der Waals surface area (Å²) in [6.07, 6.45) is -4.87. The van der Waals surface area contributed by atoms with Crippen LogP contribution in [0.1, 0.15) is 38.3 Å². The fourth-order valence-electron chi connectivity index (χ4n) is 4.06. The van der Waals surface area contributed by atoms with Crippen LogP contribution in [0.15, 0.2) is 59.6 Å². The van der Waals surface area contributed by atoms with Gasteiger partial charge in [0.15, 0.2) is 4.90 Å². The number of hydrogen-bond donors (Lipinski definition) is 0. The van der Waals surface area contributed by atoms with Crippen LogP contribution in [0.4, 0.5) is 23.7 Å². The first-order chi connectivity index (χ1) is 21.4. The van der Waals surface area contributed by atoms with Gasteiger partial charge in [-0.1, -0.05) is 29.8 Å². The van der Waals surface area contributed by atoms with Crippen molar-refractivity contribution in [3.8, 4) is 17.4 Å². The average Bonchev–Trinajstić information content (AvgIpc) is 2.95. The summed E-state index contributed by atoms with van der Waals surface area (Å²) >= 11 is 6.06. The van der Waals surface area contributed by atoms with Gasteiger partial charge < -0.3 is 23.3 Å². The minimum Gasteiger partial charge on any atom is -0.491 e. The van der Waals surface area contributed by atoms with Crippen LogP contribution in [0.5, 0.6) is 17.4 Å². The molecule has 0 aliphatic carbocycles. The molecule has 250 valence electrons. The van der Waals surface area contributed by atoms with E-state index in [4.69, 9.17) is 30.0 Å². The second-order valence-electron chi connectivity index (χ2n) is 10.7. The number of carbonyl (C=O) groups excluding carboxylic acids is 1. The van der Waals surface area contributed by atoms with Gasteiger partial charge in [0.2, 0.25) is 5.88 Å². The summed E-state index contributed by atoms with van der Waals surface area (Å²) in [4.78, 5) is 27.7. The summed E-state index contributed by atoms with van der Waals surface area (Å²) in [5.74, 6) is 0.233. The van der Waals surface area contributed by atoms with E-state index in [1.807, 2.05) is 0 Å². The number of aromatic nitrogens is 1. The number of carbonyl (C=O) groups is 1. The quantitative estimate of drug-likeness (QED) is 0.0792. The molecule has 0 N–H and O–H groups in total. The van der Waals surface area contributed by atoms with E-state index in [0.29, 0.717) is 23.6 Å². The predicted octanol–water partition coefficient (Wildman–Crippen LogP) is 7.04. The number of benzene rings is 2. The molecular weight excluding hydrogens is 659 g/mol. The topological polar surface area (TPSA) is 147 Å². The van der Waals surface area contributed by atoms with E-state index in [2.05, 4.69) is 4.98 Å². The van der Waals surface area contributed by atoms with Crippen LogP contribution in [-0.2, 0) is 31.6 Å². The largest absolute Gasteiger partial charge is 0.491 e. The summed E-state index contributed by atoms with van der Waals surface area (Å²) in [5.41, 5.74) is -2.21. The summed E-state index contributed by atoms with van der Waals surface area (Å²) < 4.78 is 86.2. The van der Waals surface area contributed by atoms with Crippen molar-refractivity contribution >= 4 is 33.5 Å². The number of aryl methyl sites for hydroxylation is 1. The Morgan fingerprint density at radius 3 is 2.39 bits per heavy atom. The first-order valence-electron chi connectivity index (χ1n) is 13.6. The first-order valence-corrected chi connectivity index (χ1v) is 15.4. The molecule has 0 aliphatic rings. The van der Waals surface area contributed by atoms with Crippen LogP contribution in [-0.4, -0.2) is 61.7 Å². The molecule has 3 aromatic rings. The monoisotopic (exact) mass is 689 g/mol. The summed E-state index contributed by atoms with van der Waals surface area (Å²) in [7, 11) is -3.36. The minimum atomic E-state index is -4.86. The molecular formula is C29H31ClF3N3O9S. The number of nitrogens with zero attached hydrogens (tertiary/aromatic N) is 3. The van der Waals surface area contributed by atoms with Gasteiger partial charge >= 0.3 is 22.4 Å². The minimum absolute atomic E-state index is 0.0282. The van der Waals surface area contributed by atoms with Crippen molar-refractivity contribution < 1.29 is 49.7 Å². The second-order valence-corrected chi connectivity index (χ2v) is 12.6. The smallest absolute Gasteiger partial charge is 0.426 e. The van der Waals surface area contributed by atoms with Gasteiger partial charge in [-0.25, -0.2) is 9.78 Å². The Kier molecular flexibility index (Phi) is 11.8. The number of nitro groups is 1. The molecule has 0 aliphatic heterocycles.